The quantitative estimate of drug-likeness (QED) is 0.740. The molecule has 0 bridgehead atoms. The highest BCUT2D eigenvalue weighted by Crippen LogP contribution is 2.18. The summed E-state index contributed by atoms with van der Waals surface area (Å²) in [4.78, 5) is 10.4. The molecule has 0 fully saturated rings. The molecular weight excluding hydrogens is 170 g/mol. The maximum Gasteiger partial charge on any atom is 0.314 e. The third-order valence-corrected chi connectivity index (χ3v) is 1.47. The Labute approximate surface area is 67.8 Å². The van der Waals surface area contributed by atoms with Crippen molar-refractivity contribution in [3.05, 3.63) is 17.0 Å². The van der Waals surface area contributed by atoms with Crippen molar-refractivity contribution in [3.8, 4) is 0 Å². The Bertz CT molecular complexity index is 271. The SMILES string of the molecule is CC(C(=O)O)c1cc(Cl)no1. The van der Waals surface area contributed by atoms with Crippen LogP contribution in [0.5, 0.6) is 0 Å². The maximum atomic E-state index is 10.4. The number of rotatable bonds is 2. The molecule has 1 rings (SSSR count). The topological polar surface area (TPSA) is 63.3 Å². The highest BCUT2D eigenvalue weighted by atomic mass is 35.5. The van der Waals surface area contributed by atoms with E-state index in [1.165, 1.54) is 13.0 Å². The predicted octanol–water partition coefficient (Wildman–Crippen LogP) is 1.52. The number of halogens is 1. The highest BCUT2D eigenvalue weighted by Gasteiger charge is 2.18. The average molecular weight is 176 g/mol. The monoisotopic (exact) mass is 175 g/mol. The summed E-state index contributed by atoms with van der Waals surface area (Å²) in [5.74, 6) is -1.39. The lowest BCUT2D eigenvalue weighted by Crippen LogP contribution is -2.05. The van der Waals surface area contributed by atoms with E-state index in [9.17, 15) is 4.79 Å². The summed E-state index contributed by atoms with van der Waals surface area (Å²) in [5.41, 5.74) is 0. The first-order valence-electron chi connectivity index (χ1n) is 2.96. The lowest BCUT2D eigenvalue weighted by atomic mass is 10.1. The van der Waals surface area contributed by atoms with Gasteiger partial charge in [0.1, 0.15) is 5.92 Å². The Morgan fingerprint density at radius 3 is 2.91 bits per heavy atom. The van der Waals surface area contributed by atoms with Crippen LogP contribution in [-0.2, 0) is 4.79 Å². The molecule has 11 heavy (non-hydrogen) atoms. The number of aromatic nitrogens is 1. The average Bonchev–Trinajstić information content (AvgIpc) is 2.34. The van der Waals surface area contributed by atoms with Crippen LogP contribution in [-0.4, -0.2) is 16.2 Å². The van der Waals surface area contributed by atoms with Crippen LogP contribution >= 0.6 is 11.6 Å². The van der Waals surface area contributed by atoms with Crippen molar-refractivity contribution in [3.63, 3.8) is 0 Å². The van der Waals surface area contributed by atoms with Gasteiger partial charge in [0.2, 0.25) is 0 Å². The summed E-state index contributed by atoms with van der Waals surface area (Å²) in [6.45, 7) is 1.50. The molecule has 0 amide bonds. The number of aliphatic carboxylic acids is 1. The second-order valence-corrected chi connectivity index (χ2v) is 2.50. The fourth-order valence-corrected chi connectivity index (χ4v) is 0.734. The van der Waals surface area contributed by atoms with Gasteiger partial charge in [0, 0.05) is 6.07 Å². The summed E-state index contributed by atoms with van der Waals surface area (Å²) in [5, 5.41) is 12.0. The van der Waals surface area contributed by atoms with E-state index in [4.69, 9.17) is 16.7 Å². The van der Waals surface area contributed by atoms with E-state index in [-0.39, 0.29) is 10.9 Å². The molecule has 0 radical (unpaired) electrons. The standard InChI is InChI=1S/C6H6ClNO3/c1-3(6(9)10)4-2-5(7)8-11-4/h2-3H,1H3,(H,9,10). The Morgan fingerprint density at radius 1 is 1.91 bits per heavy atom. The van der Waals surface area contributed by atoms with Crippen LogP contribution in [0.2, 0.25) is 5.15 Å². The van der Waals surface area contributed by atoms with Gasteiger partial charge in [0.05, 0.1) is 0 Å². The van der Waals surface area contributed by atoms with Crippen LogP contribution in [0.1, 0.15) is 18.6 Å². The number of carboxylic acid groups (broad SMARTS) is 1. The smallest absolute Gasteiger partial charge is 0.314 e. The molecule has 5 heteroatoms. The highest BCUT2D eigenvalue weighted by molar-refractivity contribution is 6.29. The Kier molecular flexibility index (Phi) is 2.14. The predicted molar refractivity (Wildman–Crippen MR) is 37.6 cm³/mol. The molecular formula is C6H6ClNO3. The Hall–Kier alpha value is -1.03. The van der Waals surface area contributed by atoms with Crippen molar-refractivity contribution in [2.24, 2.45) is 0 Å². The molecule has 0 saturated carbocycles. The van der Waals surface area contributed by atoms with Gasteiger partial charge in [-0.25, -0.2) is 0 Å². The van der Waals surface area contributed by atoms with E-state index in [1.54, 1.807) is 0 Å². The molecule has 0 spiro atoms. The minimum atomic E-state index is -0.960. The molecule has 1 unspecified atom stereocenters. The number of hydrogen-bond donors (Lipinski definition) is 1. The van der Waals surface area contributed by atoms with Gasteiger partial charge in [-0.15, -0.1) is 0 Å². The number of carboxylic acids is 1. The third kappa shape index (κ3) is 1.71. The molecule has 1 heterocycles. The van der Waals surface area contributed by atoms with E-state index in [1.807, 2.05) is 0 Å². The summed E-state index contributed by atoms with van der Waals surface area (Å²) < 4.78 is 4.62. The van der Waals surface area contributed by atoms with Crippen molar-refractivity contribution in [1.29, 1.82) is 0 Å². The van der Waals surface area contributed by atoms with Crippen LogP contribution < -0.4 is 0 Å². The normalized spacial score (nSPS) is 12.9. The van der Waals surface area contributed by atoms with Crippen molar-refractivity contribution in [2.45, 2.75) is 12.8 Å². The van der Waals surface area contributed by atoms with Crippen LogP contribution in [0.25, 0.3) is 0 Å². The first-order chi connectivity index (χ1) is 5.11. The van der Waals surface area contributed by atoms with Gasteiger partial charge < -0.3 is 9.63 Å². The van der Waals surface area contributed by atoms with Crippen LogP contribution in [0, 0.1) is 0 Å². The fourth-order valence-electron chi connectivity index (χ4n) is 0.592. The van der Waals surface area contributed by atoms with Gasteiger partial charge >= 0.3 is 5.97 Å². The molecule has 0 aromatic carbocycles. The van der Waals surface area contributed by atoms with Gasteiger partial charge in [0.25, 0.3) is 0 Å². The van der Waals surface area contributed by atoms with Crippen molar-refractivity contribution >= 4 is 17.6 Å². The van der Waals surface area contributed by atoms with Crippen molar-refractivity contribution in [2.75, 3.05) is 0 Å². The molecule has 60 valence electrons. The Balaban J connectivity index is 2.84. The molecule has 0 saturated heterocycles. The first-order valence-corrected chi connectivity index (χ1v) is 3.34. The van der Waals surface area contributed by atoms with E-state index >= 15 is 0 Å². The summed E-state index contributed by atoms with van der Waals surface area (Å²) in [6, 6.07) is 1.39. The number of nitrogens with zero attached hydrogens (tertiary/aromatic N) is 1. The zero-order valence-electron chi connectivity index (χ0n) is 5.74. The van der Waals surface area contributed by atoms with Crippen molar-refractivity contribution < 1.29 is 14.4 Å². The largest absolute Gasteiger partial charge is 0.481 e. The molecule has 0 aliphatic heterocycles. The molecule has 1 N–H and O–H groups in total. The van der Waals surface area contributed by atoms with Gasteiger partial charge in [-0.1, -0.05) is 16.8 Å². The van der Waals surface area contributed by atoms with Gasteiger partial charge in [-0.3, -0.25) is 4.79 Å². The molecule has 1 aromatic heterocycles. The summed E-state index contributed by atoms with van der Waals surface area (Å²) in [6.07, 6.45) is 0. The van der Waals surface area contributed by atoms with E-state index in [2.05, 4.69) is 9.68 Å². The summed E-state index contributed by atoms with van der Waals surface area (Å²) in [7, 11) is 0. The molecule has 0 aliphatic rings. The zero-order chi connectivity index (χ0) is 8.43. The van der Waals surface area contributed by atoms with E-state index in [0.717, 1.165) is 0 Å². The second kappa shape index (κ2) is 2.92. The molecule has 1 aromatic rings. The summed E-state index contributed by atoms with van der Waals surface area (Å²) >= 11 is 5.41. The molecule has 0 aliphatic carbocycles. The second-order valence-electron chi connectivity index (χ2n) is 2.11. The Morgan fingerprint density at radius 2 is 2.55 bits per heavy atom. The van der Waals surface area contributed by atoms with Crippen LogP contribution in [0.15, 0.2) is 10.6 Å². The molecule has 4 nitrogen and oxygen atoms in total. The van der Waals surface area contributed by atoms with Crippen LogP contribution in [0.3, 0.4) is 0 Å². The van der Waals surface area contributed by atoms with Crippen LogP contribution in [0.4, 0.5) is 0 Å². The maximum absolute atomic E-state index is 10.4. The number of hydrogen-bond acceptors (Lipinski definition) is 3. The molecule has 1 atom stereocenters. The third-order valence-electron chi connectivity index (χ3n) is 1.30. The van der Waals surface area contributed by atoms with Gasteiger partial charge in [-0.2, -0.15) is 0 Å². The number of carbonyl (C=O) groups is 1. The van der Waals surface area contributed by atoms with E-state index in [0.29, 0.717) is 0 Å². The fraction of sp³-hybridized carbons (Fsp3) is 0.333. The van der Waals surface area contributed by atoms with Gasteiger partial charge in [0.15, 0.2) is 10.9 Å². The van der Waals surface area contributed by atoms with Gasteiger partial charge in [-0.05, 0) is 6.92 Å². The lowest BCUT2D eigenvalue weighted by Gasteiger charge is -1.97. The lowest BCUT2D eigenvalue weighted by molar-refractivity contribution is -0.138. The van der Waals surface area contributed by atoms with E-state index < -0.39 is 11.9 Å². The van der Waals surface area contributed by atoms with Crippen molar-refractivity contribution in [1.82, 2.24) is 5.16 Å². The minimum Gasteiger partial charge on any atom is -0.481 e. The first kappa shape index (κ1) is 8.07. The zero-order valence-corrected chi connectivity index (χ0v) is 6.50. The minimum absolute atomic E-state index is 0.174.